The highest BCUT2D eigenvalue weighted by Crippen LogP contribution is 2.62. The van der Waals surface area contributed by atoms with E-state index in [2.05, 4.69) is 12.7 Å². The minimum absolute atomic E-state index is 0.00156. The van der Waals surface area contributed by atoms with Gasteiger partial charge in [0.15, 0.2) is 0 Å². The SMILES string of the molecule is C=CCO[C@@]12Oc3ccc(Oc4cccc(C=O)c4)cc3[C@H]3[C@H](CCCCO)[C@@H](CCCCO)C=C(C(=NOCc4ccc([N+](=O)[O-])cc4)C[C@@H]1N(CCC)C(=O)OCC(C)(C)C)[C@H]32. The number of hydrogen-bond donors (Lipinski definition) is 2. The standard InChI is InChI=1S/C50H63N3O11/c1-6-23-52(48(57)60-33-49(3,4)5)45-30-43(51-62-32-34-17-19-37(20-18-34)53(58)59)41-28-36(14-8-10-24-54)40(16-9-11-25-55)46-42-29-39(63-38-15-12-13-35(27-38)31-56)21-22-44(42)64-50(45,47(41)46)61-26-7-2/h7,12-13,15,17-22,27-29,31,36,40,45-47,54-55H,2,6,8-11,14,16,23-26,30,32-33H2,1,3-5H3/t36-,40+,45-,46+,47+,50+/m0/s1. The Morgan fingerprint density at radius 1 is 1.03 bits per heavy atom. The Balaban J connectivity index is 1.57. The molecule has 1 saturated carbocycles. The number of nitrogens with zero attached hydrogens (tertiary/aromatic N) is 3. The molecule has 3 aromatic carbocycles. The van der Waals surface area contributed by atoms with Crippen molar-refractivity contribution in [2.45, 2.75) is 103 Å². The molecule has 0 bridgehead atoms. The second kappa shape index (κ2) is 21.9. The molecule has 2 aliphatic carbocycles. The van der Waals surface area contributed by atoms with Crippen LogP contribution in [0.3, 0.4) is 0 Å². The van der Waals surface area contributed by atoms with Crippen LogP contribution in [-0.2, 0) is 20.9 Å². The number of ether oxygens (including phenoxy) is 4. The monoisotopic (exact) mass is 881 g/mol. The molecule has 1 heterocycles. The van der Waals surface area contributed by atoms with Crippen LogP contribution in [-0.4, -0.2) is 82.9 Å². The van der Waals surface area contributed by atoms with E-state index in [1.54, 1.807) is 47.4 Å². The summed E-state index contributed by atoms with van der Waals surface area (Å²) >= 11 is 0. The molecule has 0 spiro atoms. The van der Waals surface area contributed by atoms with Crippen molar-refractivity contribution in [3.05, 3.63) is 118 Å². The quantitative estimate of drug-likeness (QED) is 0.0322. The predicted molar refractivity (Wildman–Crippen MR) is 243 cm³/mol. The summed E-state index contributed by atoms with van der Waals surface area (Å²) in [6.07, 6.45) is 9.27. The van der Waals surface area contributed by atoms with Gasteiger partial charge in [0.05, 0.1) is 29.8 Å². The van der Waals surface area contributed by atoms with Gasteiger partial charge in [0, 0.05) is 55.4 Å². The molecular weight excluding hydrogens is 819 g/mol. The fourth-order valence-electron chi connectivity index (χ4n) is 9.37. The number of oxime groups is 1. The number of benzene rings is 3. The van der Waals surface area contributed by atoms with Gasteiger partial charge < -0.3 is 34.0 Å². The van der Waals surface area contributed by atoms with E-state index in [1.807, 2.05) is 45.9 Å². The lowest BCUT2D eigenvalue weighted by Gasteiger charge is -2.60. The van der Waals surface area contributed by atoms with Gasteiger partial charge in [0.2, 0.25) is 5.79 Å². The summed E-state index contributed by atoms with van der Waals surface area (Å²) in [5.74, 6) is -0.744. The summed E-state index contributed by atoms with van der Waals surface area (Å²) < 4.78 is 26.8. The summed E-state index contributed by atoms with van der Waals surface area (Å²) in [7, 11) is 0. The minimum atomic E-state index is -1.48. The number of aliphatic hydroxyl groups excluding tert-OH is 2. The average Bonchev–Trinajstić information content (AvgIpc) is 3.28. The zero-order valence-corrected chi connectivity index (χ0v) is 37.5. The lowest BCUT2D eigenvalue weighted by molar-refractivity contribution is -0.384. The number of rotatable bonds is 22. The number of non-ortho nitro benzene ring substituents is 1. The molecule has 14 nitrogen and oxygen atoms in total. The molecule has 6 rings (SSSR count). The van der Waals surface area contributed by atoms with Crippen molar-refractivity contribution in [3.8, 4) is 17.2 Å². The first-order chi connectivity index (χ1) is 30.9. The fourth-order valence-corrected chi connectivity index (χ4v) is 9.37. The third kappa shape index (κ3) is 11.2. The van der Waals surface area contributed by atoms with Crippen LogP contribution in [0.1, 0.15) is 106 Å². The van der Waals surface area contributed by atoms with Gasteiger partial charge in [-0.2, -0.15) is 0 Å². The van der Waals surface area contributed by atoms with Crippen LogP contribution in [0.5, 0.6) is 17.2 Å². The Morgan fingerprint density at radius 3 is 2.44 bits per heavy atom. The normalized spacial score (nSPS) is 22.9. The maximum Gasteiger partial charge on any atom is 0.410 e. The van der Waals surface area contributed by atoms with Crippen LogP contribution in [0.2, 0.25) is 0 Å². The van der Waals surface area contributed by atoms with Crippen molar-refractivity contribution >= 4 is 23.8 Å². The summed E-state index contributed by atoms with van der Waals surface area (Å²) in [6.45, 7) is 12.8. The van der Waals surface area contributed by atoms with Crippen LogP contribution < -0.4 is 9.47 Å². The summed E-state index contributed by atoms with van der Waals surface area (Å²) in [6, 6.07) is 18.0. The number of hydrogen-bond acceptors (Lipinski definition) is 12. The highest BCUT2D eigenvalue weighted by molar-refractivity contribution is 6.03. The maximum atomic E-state index is 14.5. The Labute approximate surface area is 376 Å². The predicted octanol–water partition coefficient (Wildman–Crippen LogP) is 9.93. The zero-order chi connectivity index (χ0) is 45.9. The van der Waals surface area contributed by atoms with Crippen LogP contribution >= 0.6 is 0 Å². The summed E-state index contributed by atoms with van der Waals surface area (Å²) in [4.78, 5) is 44.9. The fraction of sp³-hybridized carbons (Fsp3) is 0.500. The van der Waals surface area contributed by atoms with Crippen molar-refractivity contribution < 1.29 is 48.5 Å². The molecule has 0 aromatic heterocycles. The number of fused-ring (bicyclic) bond motifs is 2. The number of aldehydes is 1. The number of nitro benzene ring substituents is 1. The van der Waals surface area contributed by atoms with E-state index < -0.39 is 28.8 Å². The highest BCUT2D eigenvalue weighted by atomic mass is 16.7. The smallest absolute Gasteiger partial charge is 0.410 e. The first-order valence-electron chi connectivity index (χ1n) is 22.5. The molecular formula is C50H63N3O11. The van der Waals surface area contributed by atoms with Gasteiger partial charge in [-0.25, -0.2) is 4.79 Å². The topological polar surface area (TPSA) is 179 Å². The lowest BCUT2D eigenvalue weighted by atomic mass is 9.55. The number of amides is 1. The van der Waals surface area contributed by atoms with Crippen LogP contribution in [0.25, 0.3) is 0 Å². The van der Waals surface area contributed by atoms with Crippen molar-refractivity contribution in [1.29, 1.82) is 0 Å². The van der Waals surface area contributed by atoms with Crippen molar-refractivity contribution in [3.63, 3.8) is 0 Å². The van der Waals surface area contributed by atoms with Gasteiger partial charge in [0.1, 0.15) is 36.2 Å². The Hall–Kier alpha value is -5.57. The third-order valence-electron chi connectivity index (χ3n) is 12.1. The van der Waals surface area contributed by atoms with Crippen molar-refractivity contribution in [1.82, 2.24) is 4.90 Å². The molecule has 1 fully saturated rings. The molecule has 344 valence electrons. The molecule has 64 heavy (non-hydrogen) atoms. The Morgan fingerprint density at radius 2 is 1.77 bits per heavy atom. The zero-order valence-electron chi connectivity index (χ0n) is 37.5. The molecule has 1 aliphatic heterocycles. The second-order valence-corrected chi connectivity index (χ2v) is 18.1. The van der Waals surface area contributed by atoms with E-state index in [0.717, 1.165) is 43.1 Å². The molecule has 14 heteroatoms. The Kier molecular flexibility index (Phi) is 16.4. The van der Waals surface area contributed by atoms with E-state index in [0.29, 0.717) is 59.9 Å². The molecule has 0 unspecified atom stereocenters. The second-order valence-electron chi connectivity index (χ2n) is 18.1. The lowest BCUT2D eigenvalue weighted by Crippen LogP contribution is -2.70. The number of allylic oxidation sites excluding steroid dienone is 1. The number of carbonyl (C=O) groups is 2. The number of unbranched alkanes of at least 4 members (excludes halogenated alkanes) is 2. The first kappa shape index (κ1) is 47.9. The largest absolute Gasteiger partial charge is 0.459 e. The van der Waals surface area contributed by atoms with Crippen molar-refractivity contribution in [2.24, 2.45) is 28.3 Å². The van der Waals surface area contributed by atoms with E-state index in [9.17, 15) is 29.9 Å². The number of carbonyl (C=O) groups excluding carboxylic acids is 2. The average molecular weight is 882 g/mol. The number of aliphatic hydroxyl groups is 2. The minimum Gasteiger partial charge on any atom is -0.459 e. The van der Waals surface area contributed by atoms with Gasteiger partial charge in [0.25, 0.3) is 5.69 Å². The number of nitro groups is 1. The molecule has 1 amide bonds. The molecule has 3 aliphatic rings. The van der Waals surface area contributed by atoms with Crippen LogP contribution in [0.15, 0.2) is 96.2 Å². The van der Waals surface area contributed by atoms with E-state index in [1.165, 1.54) is 12.1 Å². The van der Waals surface area contributed by atoms with Gasteiger partial charge >= 0.3 is 6.09 Å². The van der Waals surface area contributed by atoms with E-state index in [-0.39, 0.29) is 68.3 Å². The maximum absolute atomic E-state index is 14.5. The van der Waals surface area contributed by atoms with Gasteiger partial charge in [-0.3, -0.25) is 19.8 Å². The van der Waals surface area contributed by atoms with Gasteiger partial charge in [-0.05, 0) is 103 Å². The first-order valence-corrected chi connectivity index (χ1v) is 22.5. The summed E-state index contributed by atoms with van der Waals surface area (Å²) in [5, 5.41) is 36.1. The molecule has 2 N–H and O–H groups in total. The van der Waals surface area contributed by atoms with E-state index in [4.69, 9.17) is 28.9 Å². The molecule has 0 saturated heterocycles. The third-order valence-corrected chi connectivity index (χ3v) is 12.1. The Bertz CT molecular complexity index is 2150. The van der Waals surface area contributed by atoms with Crippen molar-refractivity contribution in [2.75, 3.05) is 33.0 Å². The van der Waals surface area contributed by atoms with Crippen LogP contribution in [0.4, 0.5) is 10.5 Å². The molecule has 0 radical (unpaired) electrons. The van der Waals surface area contributed by atoms with Gasteiger partial charge in [-0.1, -0.05) is 70.0 Å². The highest BCUT2D eigenvalue weighted by Gasteiger charge is 2.65. The molecule has 3 aromatic rings. The summed E-state index contributed by atoms with van der Waals surface area (Å²) in [5.41, 5.74) is 3.17. The van der Waals surface area contributed by atoms with Crippen LogP contribution in [0, 0.1) is 33.3 Å². The van der Waals surface area contributed by atoms with Gasteiger partial charge in [-0.15, -0.1) is 6.58 Å². The molecule has 6 atom stereocenters. The van der Waals surface area contributed by atoms with E-state index >= 15 is 0 Å².